The van der Waals surface area contributed by atoms with Gasteiger partial charge in [-0.1, -0.05) is 56.5 Å². The Labute approximate surface area is 87.3 Å². The fourth-order valence-corrected chi connectivity index (χ4v) is 2.65. The molecule has 14 heavy (non-hydrogen) atoms. The first kappa shape index (κ1) is 9.76. The zero-order valence-electron chi connectivity index (χ0n) is 9.08. The van der Waals surface area contributed by atoms with E-state index in [0.29, 0.717) is 0 Å². The summed E-state index contributed by atoms with van der Waals surface area (Å²) in [5.74, 6) is 1.97. The zero-order valence-corrected chi connectivity index (χ0v) is 9.08. The maximum Gasteiger partial charge on any atom is -0.0276 e. The molecule has 1 aromatic carbocycles. The predicted octanol–water partition coefficient (Wildman–Crippen LogP) is 4.06. The Bertz CT molecular complexity index is 263. The van der Waals surface area contributed by atoms with Gasteiger partial charge in [0.2, 0.25) is 0 Å². The number of hydrogen-bond donors (Lipinski definition) is 0. The third kappa shape index (κ3) is 2.37. The minimum Gasteiger partial charge on any atom is -0.0622 e. The highest BCUT2D eigenvalue weighted by atomic mass is 14.3. The van der Waals surface area contributed by atoms with Crippen molar-refractivity contribution in [3.8, 4) is 0 Å². The zero-order chi connectivity index (χ0) is 9.80. The fourth-order valence-electron chi connectivity index (χ4n) is 2.65. The van der Waals surface area contributed by atoms with E-state index in [1.54, 1.807) is 0 Å². The van der Waals surface area contributed by atoms with E-state index in [2.05, 4.69) is 37.3 Å². The van der Waals surface area contributed by atoms with Gasteiger partial charge in [-0.2, -0.15) is 0 Å². The van der Waals surface area contributed by atoms with Crippen molar-refractivity contribution in [3.63, 3.8) is 0 Å². The Kier molecular flexibility index (Phi) is 3.23. The average molecular weight is 188 g/mol. The summed E-state index contributed by atoms with van der Waals surface area (Å²) in [6, 6.07) is 10.9. The van der Waals surface area contributed by atoms with Gasteiger partial charge in [-0.25, -0.2) is 0 Å². The highest BCUT2D eigenvalue weighted by molar-refractivity contribution is 5.14. The summed E-state index contributed by atoms with van der Waals surface area (Å²) in [5.41, 5.74) is 1.51. The maximum atomic E-state index is 2.42. The van der Waals surface area contributed by atoms with E-state index < -0.39 is 0 Å². The topological polar surface area (TPSA) is 0 Å². The highest BCUT2D eigenvalue weighted by Gasteiger charge is 2.22. The lowest BCUT2D eigenvalue weighted by Gasteiger charge is -2.14. The van der Waals surface area contributed by atoms with Crippen molar-refractivity contribution in [2.45, 2.75) is 39.0 Å². The van der Waals surface area contributed by atoms with Crippen molar-refractivity contribution in [1.82, 2.24) is 0 Å². The molecular weight excluding hydrogens is 168 g/mol. The molecule has 0 amide bonds. The van der Waals surface area contributed by atoms with Crippen molar-refractivity contribution in [2.75, 3.05) is 0 Å². The first-order valence-electron chi connectivity index (χ1n) is 5.90. The van der Waals surface area contributed by atoms with Crippen LogP contribution < -0.4 is 0 Å². The van der Waals surface area contributed by atoms with Gasteiger partial charge in [0.05, 0.1) is 0 Å². The molecule has 2 atom stereocenters. The van der Waals surface area contributed by atoms with Gasteiger partial charge in [0, 0.05) is 0 Å². The predicted molar refractivity (Wildman–Crippen MR) is 61.3 cm³/mol. The molecule has 0 heteroatoms. The maximum absolute atomic E-state index is 2.42. The van der Waals surface area contributed by atoms with Gasteiger partial charge in [-0.3, -0.25) is 0 Å². The van der Waals surface area contributed by atoms with Crippen LogP contribution in [0.4, 0.5) is 0 Å². The number of benzene rings is 1. The molecule has 2 rings (SSSR count). The molecule has 76 valence electrons. The summed E-state index contributed by atoms with van der Waals surface area (Å²) in [7, 11) is 0. The smallest absolute Gasteiger partial charge is 0.0276 e. The average Bonchev–Trinajstić information content (AvgIpc) is 2.63. The third-order valence-electron chi connectivity index (χ3n) is 3.69. The SMILES string of the molecule is C[C@@H]1CCC[C@@H]1CCc1ccccc1. The summed E-state index contributed by atoms with van der Waals surface area (Å²) in [4.78, 5) is 0. The molecule has 0 aromatic heterocycles. The van der Waals surface area contributed by atoms with Crippen molar-refractivity contribution in [2.24, 2.45) is 11.8 Å². The monoisotopic (exact) mass is 188 g/mol. The van der Waals surface area contributed by atoms with E-state index in [-0.39, 0.29) is 0 Å². The van der Waals surface area contributed by atoms with Crippen LogP contribution in [0.25, 0.3) is 0 Å². The quantitative estimate of drug-likeness (QED) is 0.671. The molecule has 0 nitrogen and oxygen atoms in total. The molecule has 0 saturated heterocycles. The van der Waals surface area contributed by atoms with Gasteiger partial charge in [-0.15, -0.1) is 0 Å². The Morgan fingerprint density at radius 3 is 2.57 bits per heavy atom. The molecular formula is C14H20. The van der Waals surface area contributed by atoms with E-state index >= 15 is 0 Å². The summed E-state index contributed by atoms with van der Waals surface area (Å²) < 4.78 is 0. The van der Waals surface area contributed by atoms with Crippen molar-refractivity contribution in [3.05, 3.63) is 35.9 Å². The minimum absolute atomic E-state index is 0.971. The van der Waals surface area contributed by atoms with Gasteiger partial charge in [0.25, 0.3) is 0 Å². The van der Waals surface area contributed by atoms with E-state index in [1.165, 1.54) is 37.7 Å². The largest absolute Gasteiger partial charge is 0.0622 e. The summed E-state index contributed by atoms with van der Waals surface area (Å²) in [6.07, 6.45) is 7.05. The van der Waals surface area contributed by atoms with E-state index in [1.807, 2.05) is 0 Å². The molecule has 0 N–H and O–H groups in total. The summed E-state index contributed by atoms with van der Waals surface area (Å²) in [5, 5.41) is 0. The normalized spacial score (nSPS) is 26.6. The summed E-state index contributed by atoms with van der Waals surface area (Å²) in [6.45, 7) is 2.42. The highest BCUT2D eigenvalue weighted by Crippen LogP contribution is 2.34. The second-order valence-electron chi connectivity index (χ2n) is 4.69. The molecule has 0 bridgehead atoms. The van der Waals surface area contributed by atoms with Crippen molar-refractivity contribution in [1.29, 1.82) is 0 Å². The number of rotatable bonds is 3. The van der Waals surface area contributed by atoms with Crippen molar-refractivity contribution >= 4 is 0 Å². The molecule has 0 aliphatic heterocycles. The van der Waals surface area contributed by atoms with E-state index in [9.17, 15) is 0 Å². The number of hydrogen-bond acceptors (Lipinski definition) is 0. The number of aryl methyl sites for hydroxylation is 1. The molecule has 0 spiro atoms. The van der Waals surface area contributed by atoms with Crippen LogP contribution in [-0.4, -0.2) is 0 Å². The van der Waals surface area contributed by atoms with Crippen LogP contribution in [0.1, 0.15) is 38.2 Å². The lowest BCUT2D eigenvalue weighted by molar-refractivity contribution is 0.392. The second kappa shape index (κ2) is 4.63. The van der Waals surface area contributed by atoms with Gasteiger partial charge in [-0.05, 0) is 30.2 Å². The van der Waals surface area contributed by atoms with Crippen LogP contribution in [0.2, 0.25) is 0 Å². The van der Waals surface area contributed by atoms with E-state index in [4.69, 9.17) is 0 Å². The molecule has 1 aliphatic rings. The third-order valence-corrected chi connectivity index (χ3v) is 3.69. The first-order valence-corrected chi connectivity index (χ1v) is 5.90. The lowest BCUT2D eigenvalue weighted by Crippen LogP contribution is -2.04. The standard InChI is InChI=1S/C14H20/c1-12-6-5-9-14(12)11-10-13-7-3-2-4-8-13/h2-4,7-8,12,14H,5-6,9-11H2,1H3/t12-,14-/m1/s1. The fraction of sp³-hybridized carbons (Fsp3) is 0.571. The molecule has 1 saturated carbocycles. The summed E-state index contributed by atoms with van der Waals surface area (Å²) >= 11 is 0. The second-order valence-corrected chi connectivity index (χ2v) is 4.69. The van der Waals surface area contributed by atoms with Crippen molar-refractivity contribution < 1.29 is 0 Å². The molecule has 0 radical (unpaired) electrons. The molecule has 0 unspecified atom stereocenters. The first-order chi connectivity index (χ1) is 6.86. The van der Waals surface area contributed by atoms with Gasteiger partial charge < -0.3 is 0 Å². The van der Waals surface area contributed by atoms with Gasteiger partial charge in [0.15, 0.2) is 0 Å². The minimum atomic E-state index is 0.971. The molecule has 0 heterocycles. The van der Waals surface area contributed by atoms with Gasteiger partial charge >= 0.3 is 0 Å². The van der Waals surface area contributed by atoms with Crippen LogP contribution in [0, 0.1) is 11.8 Å². The van der Waals surface area contributed by atoms with E-state index in [0.717, 1.165) is 11.8 Å². The van der Waals surface area contributed by atoms with Crippen LogP contribution in [0.15, 0.2) is 30.3 Å². The van der Waals surface area contributed by atoms with Crippen LogP contribution >= 0.6 is 0 Å². The Hall–Kier alpha value is -0.780. The Morgan fingerprint density at radius 1 is 1.14 bits per heavy atom. The molecule has 1 aliphatic carbocycles. The van der Waals surface area contributed by atoms with Crippen LogP contribution in [-0.2, 0) is 6.42 Å². The van der Waals surface area contributed by atoms with Crippen LogP contribution in [0.5, 0.6) is 0 Å². The van der Waals surface area contributed by atoms with Gasteiger partial charge in [0.1, 0.15) is 0 Å². The Morgan fingerprint density at radius 2 is 1.93 bits per heavy atom. The molecule has 1 aromatic rings. The lowest BCUT2D eigenvalue weighted by atomic mass is 9.91. The Balaban J connectivity index is 1.82. The molecule has 1 fully saturated rings. The van der Waals surface area contributed by atoms with Crippen LogP contribution in [0.3, 0.4) is 0 Å².